The van der Waals surface area contributed by atoms with Gasteiger partial charge in [-0.1, -0.05) is 6.07 Å². The van der Waals surface area contributed by atoms with E-state index in [-0.39, 0.29) is 24.1 Å². The molecule has 12 nitrogen and oxygen atoms in total. The van der Waals surface area contributed by atoms with Crippen molar-refractivity contribution >= 4 is 28.9 Å². The number of hydrogen-bond donors (Lipinski definition) is 1. The highest BCUT2D eigenvalue weighted by Gasteiger charge is 2.38. The van der Waals surface area contributed by atoms with Crippen LogP contribution in [0.5, 0.6) is 0 Å². The Labute approximate surface area is 257 Å². The molecule has 3 atom stereocenters. The van der Waals surface area contributed by atoms with Gasteiger partial charge in [0.2, 0.25) is 11.8 Å². The number of imidazole rings is 1. The molecule has 0 aliphatic carbocycles. The molecule has 3 amide bonds. The molecule has 5 aliphatic heterocycles. The number of aromatic nitrogens is 2. The molecule has 238 valence electrons. The van der Waals surface area contributed by atoms with Crippen LogP contribution in [-0.4, -0.2) is 117 Å². The van der Waals surface area contributed by atoms with Gasteiger partial charge >= 0.3 is 11.8 Å². The SMILES string of the molecule is Cn1c(=O)n(C2CCC(=O)NC2=O)c2ccc(CN3CCN(C4CCN(C(=O)OCC5CCC6CCCN65)CC4)CC3)cc21. The van der Waals surface area contributed by atoms with Gasteiger partial charge in [0.15, 0.2) is 0 Å². The monoisotopic (exact) mass is 607 g/mol. The Hall–Kier alpha value is -3.22. The first kappa shape index (κ1) is 29.5. The average molecular weight is 608 g/mol. The summed E-state index contributed by atoms with van der Waals surface area (Å²) in [5.41, 5.74) is 2.40. The number of nitrogens with one attached hydrogen (secondary N) is 1. The summed E-state index contributed by atoms with van der Waals surface area (Å²) in [6.07, 6.45) is 7.37. The lowest BCUT2D eigenvalue weighted by Crippen LogP contribution is -2.53. The Bertz CT molecular complexity index is 1470. The molecule has 5 saturated heterocycles. The van der Waals surface area contributed by atoms with Gasteiger partial charge in [0.25, 0.3) is 0 Å². The van der Waals surface area contributed by atoms with Crippen molar-refractivity contribution in [2.24, 2.45) is 7.05 Å². The molecule has 44 heavy (non-hydrogen) atoms. The first-order chi connectivity index (χ1) is 21.4. The van der Waals surface area contributed by atoms with Crippen LogP contribution in [0.3, 0.4) is 0 Å². The van der Waals surface area contributed by atoms with E-state index in [0.717, 1.165) is 88.2 Å². The summed E-state index contributed by atoms with van der Waals surface area (Å²) < 4.78 is 8.91. The molecule has 3 unspecified atom stereocenters. The van der Waals surface area contributed by atoms with E-state index in [1.54, 1.807) is 11.6 Å². The third kappa shape index (κ3) is 5.67. The van der Waals surface area contributed by atoms with Gasteiger partial charge in [-0.25, -0.2) is 9.59 Å². The number of piperazine rings is 1. The predicted octanol–water partition coefficient (Wildman–Crippen LogP) is 1.66. The van der Waals surface area contributed by atoms with Gasteiger partial charge in [-0.05, 0) is 69.2 Å². The van der Waals surface area contributed by atoms with Crippen molar-refractivity contribution in [3.63, 3.8) is 0 Å². The molecule has 0 saturated carbocycles. The van der Waals surface area contributed by atoms with Crippen LogP contribution in [0.2, 0.25) is 0 Å². The fourth-order valence-electron chi connectivity index (χ4n) is 8.33. The summed E-state index contributed by atoms with van der Waals surface area (Å²) in [5, 5.41) is 2.37. The molecule has 0 bridgehead atoms. The number of amides is 3. The second kappa shape index (κ2) is 12.3. The third-order valence-corrected chi connectivity index (χ3v) is 10.9. The van der Waals surface area contributed by atoms with E-state index in [4.69, 9.17) is 4.74 Å². The Morgan fingerprint density at radius 2 is 1.68 bits per heavy atom. The zero-order valence-electron chi connectivity index (χ0n) is 25.8. The highest BCUT2D eigenvalue weighted by Crippen LogP contribution is 2.32. The molecule has 12 heteroatoms. The lowest BCUT2D eigenvalue weighted by molar-refractivity contribution is -0.135. The summed E-state index contributed by atoms with van der Waals surface area (Å²) in [7, 11) is 1.73. The molecule has 1 aromatic heterocycles. The van der Waals surface area contributed by atoms with Crippen LogP contribution in [0.1, 0.15) is 63.0 Å². The van der Waals surface area contributed by atoms with Gasteiger partial charge < -0.3 is 9.64 Å². The molecule has 2 aromatic rings. The van der Waals surface area contributed by atoms with E-state index in [1.807, 2.05) is 17.0 Å². The Kier molecular flexibility index (Phi) is 8.23. The summed E-state index contributed by atoms with van der Waals surface area (Å²) in [6, 6.07) is 6.98. The third-order valence-electron chi connectivity index (χ3n) is 10.9. The number of carbonyl (C=O) groups is 3. The van der Waals surface area contributed by atoms with Crippen molar-refractivity contribution in [1.82, 2.24) is 34.1 Å². The van der Waals surface area contributed by atoms with Crippen LogP contribution in [0.4, 0.5) is 4.79 Å². The second-order valence-electron chi connectivity index (χ2n) is 13.4. The van der Waals surface area contributed by atoms with Gasteiger partial charge in [0, 0.05) is 77.4 Å². The molecule has 1 N–H and O–H groups in total. The van der Waals surface area contributed by atoms with Crippen molar-refractivity contribution < 1.29 is 19.1 Å². The first-order valence-electron chi connectivity index (χ1n) is 16.5. The highest BCUT2D eigenvalue weighted by atomic mass is 16.6. The van der Waals surface area contributed by atoms with Crippen molar-refractivity contribution in [3.8, 4) is 0 Å². The fraction of sp³-hybridized carbons (Fsp3) is 0.688. The lowest BCUT2D eigenvalue weighted by Gasteiger charge is -2.42. The van der Waals surface area contributed by atoms with Gasteiger partial charge in [-0.3, -0.25) is 38.7 Å². The van der Waals surface area contributed by atoms with Gasteiger partial charge in [0.1, 0.15) is 12.6 Å². The molecule has 1 aromatic carbocycles. The minimum absolute atomic E-state index is 0.141. The number of piperidine rings is 2. The molecule has 0 radical (unpaired) electrons. The lowest BCUT2D eigenvalue weighted by atomic mass is 10.0. The maximum atomic E-state index is 13.1. The molecule has 5 fully saturated rings. The van der Waals surface area contributed by atoms with Crippen LogP contribution in [0.25, 0.3) is 11.0 Å². The number of carbonyl (C=O) groups excluding carboxylic acids is 3. The van der Waals surface area contributed by atoms with Crippen LogP contribution in [0, 0.1) is 0 Å². The predicted molar refractivity (Wildman–Crippen MR) is 164 cm³/mol. The summed E-state index contributed by atoms with van der Waals surface area (Å²) in [4.78, 5) is 59.5. The van der Waals surface area contributed by atoms with E-state index < -0.39 is 11.9 Å². The van der Waals surface area contributed by atoms with Crippen LogP contribution in [0.15, 0.2) is 23.0 Å². The number of ether oxygens (including phenoxy) is 1. The van der Waals surface area contributed by atoms with Gasteiger partial charge in [0.05, 0.1) is 11.0 Å². The van der Waals surface area contributed by atoms with Crippen LogP contribution < -0.4 is 11.0 Å². The first-order valence-corrected chi connectivity index (χ1v) is 16.5. The molecule has 7 rings (SSSR count). The Morgan fingerprint density at radius 3 is 2.45 bits per heavy atom. The highest BCUT2D eigenvalue weighted by molar-refractivity contribution is 6.00. The number of hydrogen-bond acceptors (Lipinski definition) is 8. The average Bonchev–Trinajstić information content (AvgIpc) is 3.72. The van der Waals surface area contributed by atoms with E-state index in [9.17, 15) is 19.2 Å². The summed E-state index contributed by atoms with van der Waals surface area (Å²) in [6.45, 7) is 7.95. The van der Waals surface area contributed by atoms with Crippen LogP contribution >= 0.6 is 0 Å². The van der Waals surface area contributed by atoms with Crippen molar-refractivity contribution in [3.05, 3.63) is 34.2 Å². The van der Waals surface area contributed by atoms with Crippen molar-refractivity contribution in [2.75, 3.05) is 52.4 Å². The number of fused-ring (bicyclic) bond motifs is 2. The number of likely N-dealkylation sites (tertiary alicyclic amines) is 1. The Balaban J connectivity index is 0.885. The summed E-state index contributed by atoms with van der Waals surface area (Å²) in [5.74, 6) is -0.704. The Morgan fingerprint density at radius 1 is 0.886 bits per heavy atom. The maximum Gasteiger partial charge on any atom is 0.409 e. The van der Waals surface area contributed by atoms with Gasteiger partial charge in [-0.15, -0.1) is 0 Å². The van der Waals surface area contributed by atoms with E-state index >= 15 is 0 Å². The largest absolute Gasteiger partial charge is 0.448 e. The standard InChI is InChI=1S/C32H45N7O5/c1-34-28-19-22(4-7-26(28)39(31(34)42)27-8-9-29(40)33-30(27)41)20-35-15-17-36(18-16-35)23-10-13-37(14-11-23)32(43)44-21-25-6-5-24-3-2-12-38(24)25/h4,7,19,23-25,27H,2-3,5-6,8-18,20-21H2,1H3,(H,33,40,41). The number of benzene rings is 1. The smallest absolute Gasteiger partial charge is 0.409 e. The van der Waals surface area contributed by atoms with E-state index in [0.29, 0.717) is 31.2 Å². The van der Waals surface area contributed by atoms with Crippen molar-refractivity contribution in [2.45, 2.75) is 82.1 Å². The minimum Gasteiger partial charge on any atom is -0.448 e. The number of imide groups is 1. The number of nitrogens with zero attached hydrogens (tertiary/aromatic N) is 6. The second-order valence-corrected chi connectivity index (χ2v) is 13.4. The molecule has 5 aliphatic rings. The normalized spacial score (nSPS) is 27.7. The maximum absolute atomic E-state index is 13.1. The zero-order chi connectivity index (χ0) is 30.4. The molecular weight excluding hydrogens is 562 g/mol. The van der Waals surface area contributed by atoms with Crippen LogP contribution in [-0.2, 0) is 27.9 Å². The van der Waals surface area contributed by atoms with Crippen molar-refractivity contribution in [1.29, 1.82) is 0 Å². The quantitative estimate of drug-likeness (QED) is 0.494. The zero-order valence-corrected chi connectivity index (χ0v) is 25.8. The molecule has 6 heterocycles. The minimum atomic E-state index is -0.671. The number of aryl methyl sites for hydroxylation is 1. The number of rotatable bonds is 6. The van der Waals surface area contributed by atoms with E-state index in [2.05, 4.69) is 26.1 Å². The van der Waals surface area contributed by atoms with E-state index in [1.165, 1.54) is 23.8 Å². The fourth-order valence-corrected chi connectivity index (χ4v) is 8.33. The van der Waals surface area contributed by atoms with Gasteiger partial charge in [-0.2, -0.15) is 0 Å². The summed E-state index contributed by atoms with van der Waals surface area (Å²) >= 11 is 0. The molecular formula is C32H45N7O5. The topological polar surface area (TPSA) is 112 Å². The molecule has 0 spiro atoms.